The van der Waals surface area contributed by atoms with Gasteiger partial charge in [-0.2, -0.15) is 9.79 Å². The van der Waals surface area contributed by atoms with Crippen LogP contribution in [0.5, 0.6) is 0 Å². The van der Waals surface area contributed by atoms with Crippen LogP contribution in [0.3, 0.4) is 0 Å². The van der Waals surface area contributed by atoms with Gasteiger partial charge in [-0.15, -0.1) is 5.06 Å². The molecule has 1 rings (SSSR count). The van der Waals surface area contributed by atoms with Crippen LogP contribution in [0.25, 0.3) is 0 Å². The zero-order chi connectivity index (χ0) is 8.48. The van der Waals surface area contributed by atoms with Crippen molar-refractivity contribution < 1.29 is 23.9 Å². The van der Waals surface area contributed by atoms with Gasteiger partial charge in [0, 0.05) is 0 Å². The molecule has 1 heterocycles. The van der Waals surface area contributed by atoms with Crippen molar-refractivity contribution in [1.82, 2.24) is 5.06 Å². The standard InChI is InChI=1S/C4H9NO5P/c1-11(7,8)10-5-2-3-9-4(5)6/h7-8H,2-3H2,1H3/q+1. The van der Waals surface area contributed by atoms with Crippen molar-refractivity contribution in [3.8, 4) is 0 Å². The quantitative estimate of drug-likeness (QED) is 0.575. The van der Waals surface area contributed by atoms with E-state index in [9.17, 15) is 4.79 Å². The summed E-state index contributed by atoms with van der Waals surface area (Å²) in [7, 11) is -3.38. The smallest absolute Gasteiger partial charge is 0.437 e. The maximum Gasteiger partial charge on any atom is 0.437 e. The molecule has 2 N–H and O–H groups in total. The summed E-state index contributed by atoms with van der Waals surface area (Å²) in [6, 6.07) is 0. The van der Waals surface area contributed by atoms with Crippen molar-refractivity contribution in [3.63, 3.8) is 0 Å². The van der Waals surface area contributed by atoms with Crippen molar-refractivity contribution in [1.29, 1.82) is 0 Å². The second-order valence-electron chi connectivity index (χ2n) is 2.13. The number of hydrogen-bond acceptors (Lipinski definition) is 5. The highest BCUT2D eigenvalue weighted by Crippen LogP contribution is 2.47. The lowest BCUT2D eigenvalue weighted by Gasteiger charge is -2.11. The minimum Gasteiger partial charge on any atom is -0.446 e. The maximum absolute atomic E-state index is 10.6. The van der Waals surface area contributed by atoms with Crippen molar-refractivity contribution in [2.75, 3.05) is 19.8 Å². The molecule has 11 heavy (non-hydrogen) atoms. The first-order chi connectivity index (χ1) is 4.99. The number of hydrogen-bond donors (Lipinski definition) is 2. The van der Waals surface area contributed by atoms with Crippen molar-refractivity contribution in [2.45, 2.75) is 0 Å². The summed E-state index contributed by atoms with van der Waals surface area (Å²) >= 11 is 0. The second kappa shape index (κ2) is 2.91. The van der Waals surface area contributed by atoms with Gasteiger partial charge in [-0.25, -0.2) is 4.79 Å². The molecule has 0 spiro atoms. The Morgan fingerprint density at radius 2 is 2.36 bits per heavy atom. The lowest BCUT2D eigenvalue weighted by Crippen LogP contribution is -2.24. The molecule has 7 heteroatoms. The van der Waals surface area contributed by atoms with Crippen molar-refractivity contribution in [2.24, 2.45) is 0 Å². The minimum atomic E-state index is -3.38. The Balaban J connectivity index is 2.43. The Hall–Kier alpha value is -0.420. The average Bonchev–Trinajstić information content (AvgIpc) is 2.12. The number of carbonyl (C=O) groups excluding carboxylic acids is 1. The molecule has 0 unspecified atom stereocenters. The largest absolute Gasteiger partial charge is 0.446 e. The van der Waals surface area contributed by atoms with Gasteiger partial charge in [-0.1, -0.05) is 4.62 Å². The van der Waals surface area contributed by atoms with Crippen LogP contribution in [0, 0.1) is 0 Å². The predicted molar refractivity (Wildman–Crippen MR) is 36.4 cm³/mol. The number of cyclic esters (lactones) is 1. The molecular formula is C4H9NO5P+. The van der Waals surface area contributed by atoms with E-state index in [1.165, 1.54) is 0 Å². The molecular weight excluding hydrogens is 173 g/mol. The first-order valence-electron chi connectivity index (χ1n) is 2.95. The fourth-order valence-electron chi connectivity index (χ4n) is 0.640. The van der Waals surface area contributed by atoms with Gasteiger partial charge in [0.05, 0.1) is 6.54 Å². The lowest BCUT2D eigenvalue weighted by molar-refractivity contribution is -0.0197. The van der Waals surface area contributed by atoms with Gasteiger partial charge < -0.3 is 4.74 Å². The summed E-state index contributed by atoms with van der Waals surface area (Å²) < 4.78 is 8.96. The molecule has 0 saturated carbocycles. The van der Waals surface area contributed by atoms with Gasteiger partial charge in [0.1, 0.15) is 13.3 Å². The van der Waals surface area contributed by atoms with Gasteiger partial charge in [0.25, 0.3) is 0 Å². The van der Waals surface area contributed by atoms with Crippen LogP contribution in [-0.2, 0) is 9.36 Å². The van der Waals surface area contributed by atoms with E-state index in [1.807, 2.05) is 0 Å². The maximum atomic E-state index is 10.6. The molecule has 0 aromatic carbocycles. The molecule has 6 nitrogen and oxygen atoms in total. The van der Waals surface area contributed by atoms with Crippen LogP contribution in [-0.4, -0.2) is 40.8 Å². The number of nitrogens with zero attached hydrogens (tertiary/aromatic N) is 1. The molecule has 0 radical (unpaired) electrons. The summed E-state index contributed by atoms with van der Waals surface area (Å²) in [6.45, 7) is 1.56. The summed E-state index contributed by atoms with van der Waals surface area (Å²) in [6.07, 6.45) is -0.681. The van der Waals surface area contributed by atoms with Gasteiger partial charge in [0.2, 0.25) is 0 Å². The molecule has 64 valence electrons. The fourth-order valence-corrected chi connectivity index (χ4v) is 1.16. The van der Waals surface area contributed by atoms with E-state index < -0.39 is 14.0 Å². The summed E-state index contributed by atoms with van der Waals surface area (Å²) in [5, 5.41) is 0.799. The van der Waals surface area contributed by atoms with E-state index in [0.717, 1.165) is 11.7 Å². The van der Waals surface area contributed by atoms with E-state index in [2.05, 4.69) is 9.36 Å². The summed E-state index contributed by atoms with van der Waals surface area (Å²) in [5.74, 6) is 0. The van der Waals surface area contributed by atoms with E-state index in [-0.39, 0.29) is 13.2 Å². The number of hydroxylamine groups is 2. The van der Waals surface area contributed by atoms with E-state index in [0.29, 0.717) is 0 Å². The number of ether oxygens (including phenoxy) is 1. The van der Waals surface area contributed by atoms with Crippen LogP contribution >= 0.6 is 7.94 Å². The average molecular weight is 182 g/mol. The van der Waals surface area contributed by atoms with Gasteiger partial charge in [0.15, 0.2) is 0 Å². The van der Waals surface area contributed by atoms with E-state index in [4.69, 9.17) is 9.79 Å². The third-order valence-corrected chi connectivity index (χ3v) is 1.48. The Morgan fingerprint density at radius 1 is 1.73 bits per heavy atom. The molecule has 0 aliphatic carbocycles. The monoisotopic (exact) mass is 182 g/mol. The van der Waals surface area contributed by atoms with Crippen LogP contribution in [0.1, 0.15) is 0 Å². The van der Waals surface area contributed by atoms with Crippen LogP contribution < -0.4 is 0 Å². The third kappa shape index (κ3) is 2.59. The van der Waals surface area contributed by atoms with Gasteiger partial charge in [-0.3, -0.25) is 0 Å². The van der Waals surface area contributed by atoms with Crippen LogP contribution in [0.2, 0.25) is 0 Å². The van der Waals surface area contributed by atoms with Gasteiger partial charge in [-0.05, 0) is 0 Å². The van der Waals surface area contributed by atoms with Crippen LogP contribution in [0.15, 0.2) is 0 Å². The van der Waals surface area contributed by atoms with Crippen molar-refractivity contribution >= 4 is 14.0 Å². The predicted octanol–water partition coefficient (Wildman–Crippen LogP) is -0.253. The Morgan fingerprint density at radius 3 is 2.73 bits per heavy atom. The number of rotatable bonds is 2. The Labute approximate surface area is 63.9 Å². The molecule has 1 fully saturated rings. The molecule has 1 saturated heterocycles. The lowest BCUT2D eigenvalue weighted by atomic mass is 10.7. The Kier molecular flexibility index (Phi) is 2.29. The molecule has 0 atom stereocenters. The normalized spacial score (nSPS) is 18.8. The van der Waals surface area contributed by atoms with E-state index in [1.54, 1.807) is 0 Å². The first kappa shape index (κ1) is 8.67. The van der Waals surface area contributed by atoms with Crippen LogP contribution in [0.4, 0.5) is 4.79 Å². The summed E-state index contributed by atoms with van der Waals surface area (Å²) in [4.78, 5) is 28.2. The van der Waals surface area contributed by atoms with E-state index >= 15 is 0 Å². The zero-order valence-corrected chi connectivity index (χ0v) is 6.82. The highest BCUT2D eigenvalue weighted by Gasteiger charge is 2.38. The summed E-state index contributed by atoms with van der Waals surface area (Å²) in [5.41, 5.74) is 0. The second-order valence-corrected chi connectivity index (χ2v) is 3.97. The van der Waals surface area contributed by atoms with Crippen molar-refractivity contribution in [3.05, 3.63) is 0 Å². The topological polar surface area (TPSA) is 79.2 Å². The highest BCUT2D eigenvalue weighted by molar-refractivity contribution is 7.58. The SMILES string of the molecule is C[P+](O)(O)ON1CCOC1=O. The third-order valence-electron chi connectivity index (χ3n) is 0.977. The zero-order valence-electron chi connectivity index (χ0n) is 5.93. The molecule has 1 amide bonds. The fraction of sp³-hybridized carbons (Fsp3) is 0.750. The molecule has 0 bridgehead atoms. The molecule has 0 aromatic heterocycles. The molecule has 0 aromatic rings. The first-order valence-corrected chi connectivity index (χ1v) is 5.01. The Bertz CT molecular complexity index is 166. The molecule has 1 aliphatic rings. The number of carbonyl (C=O) groups is 1. The highest BCUT2D eigenvalue weighted by atomic mass is 31.2. The minimum absolute atomic E-state index is 0.221. The van der Waals surface area contributed by atoms with Gasteiger partial charge >= 0.3 is 14.0 Å². The number of amides is 1. The molecule has 1 aliphatic heterocycles.